The van der Waals surface area contributed by atoms with Crippen LogP contribution in [-0.4, -0.2) is 20.3 Å². The van der Waals surface area contributed by atoms with Gasteiger partial charge in [0.25, 0.3) is 10.9 Å². The lowest BCUT2D eigenvalue weighted by molar-refractivity contribution is -0.389. The number of carbonyl (C=O) groups excluding carboxylic acids is 1. The van der Waals surface area contributed by atoms with E-state index in [2.05, 4.69) is 4.98 Å². The standard InChI is InChI=1S/C7H3ClF2N2O4/c8-6(14)2-1-3(12(15)16)11-4(5(2)13)7(9)10/h1,7,13H. The molecule has 1 rings (SSSR count). The second-order valence-corrected chi connectivity index (χ2v) is 2.94. The Bertz CT molecular complexity index is 466. The van der Waals surface area contributed by atoms with Gasteiger partial charge in [0.15, 0.2) is 5.75 Å². The van der Waals surface area contributed by atoms with Crippen LogP contribution in [0.2, 0.25) is 0 Å². The van der Waals surface area contributed by atoms with Gasteiger partial charge in [0, 0.05) is 0 Å². The molecule has 1 aromatic heterocycles. The van der Waals surface area contributed by atoms with Gasteiger partial charge in [-0.3, -0.25) is 4.79 Å². The molecule has 0 saturated carbocycles. The van der Waals surface area contributed by atoms with Gasteiger partial charge in [0.2, 0.25) is 0 Å². The molecule has 0 aliphatic rings. The lowest BCUT2D eigenvalue weighted by atomic mass is 10.2. The van der Waals surface area contributed by atoms with Gasteiger partial charge in [-0.05, 0) is 21.5 Å². The number of halogens is 3. The highest BCUT2D eigenvalue weighted by molar-refractivity contribution is 6.68. The van der Waals surface area contributed by atoms with Crippen molar-refractivity contribution in [2.24, 2.45) is 0 Å². The smallest absolute Gasteiger partial charge is 0.364 e. The maximum Gasteiger partial charge on any atom is 0.364 e. The van der Waals surface area contributed by atoms with Crippen molar-refractivity contribution in [2.75, 3.05) is 0 Å². The molecule has 0 spiro atoms. The maximum atomic E-state index is 12.3. The Morgan fingerprint density at radius 2 is 2.19 bits per heavy atom. The first-order valence-corrected chi connectivity index (χ1v) is 4.08. The summed E-state index contributed by atoms with van der Waals surface area (Å²) < 4.78 is 24.6. The first-order valence-electron chi connectivity index (χ1n) is 3.71. The molecule has 0 radical (unpaired) electrons. The fourth-order valence-corrected chi connectivity index (χ4v) is 1.08. The summed E-state index contributed by atoms with van der Waals surface area (Å²) in [4.78, 5) is 22.9. The molecule has 0 bridgehead atoms. The molecule has 0 amide bonds. The van der Waals surface area contributed by atoms with E-state index in [9.17, 15) is 23.7 Å². The van der Waals surface area contributed by atoms with Crippen LogP contribution < -0.4 is 0 Å². The number of hydrogen-bond donors (Lipinski definition) is 1. The Morgan fingerprint density at radius 1 is 1.62 bits per heavy atom. The van der Waals surface area contributed by atoms with E-state index in [1.807, 2.05) is 0 Å². The van der Waals surface area contributed by atoms with E-state index >= 15 is 0 Å². The van der Waals surface area contributed by atoms with Gasteiger partial charge in [0.1, 0.15) is 0 Å². The van der Waals surface area contributed by atoms with E-state index in [0.717, 1.165) is 0 Å². The summed E-state index contributed by atoms with van der Waals surface area (Å²) in [6.07, 6.45) is -3.25. The second kappa shape index (κ2) is 4.35. The summed E-state index contributed by atoms with van der Waals surface area (Å²) in [5, 5.41) is 18.2. The Kier molecular flexibility index (Phi) is 3.33. The van der Waals surface area contributed by atoms with Crippen molar-refractivity contribution in [1.29, 1.82) is 0 Å². The summed E-state index contributed by atoms with van der Waals surface area (Å²) in [5.74, 6) is -2.14. The molecule has 1 N–H and O–H groups in total. The molecule has 0 fully saturated rings. The van der Waals surface area contributed by atoms with Crippen molar-refractivity contribution in [3.05, 3.63) is 27.4 Å². The molecule has 0 atom stereocenters. The highest BCUT2D eigenvalue weighted by Gasteiger charge is 2.29. The predicted molar refractivity (Wildman–Crippen MR) is 47.7 cm³/mol. The Hall–Kier alpha value is -1.83. The number of nitrogens with zero attached hydrogens (tertiary/aromatic N) is 2. The van der Waals surface area contributed by atoms with E-state index in [1.54, 1.807) is 0 Å². The van der Waals surface area contributed by atoms with E-state index in [1.165, 1.54) is 0 Å². The van der Waals surface area contributed by atoms with Gasteiger partial charge < -0.3 is 15.2 Å². The SMILES string of the molecule is O=C(Cl)c1cc([N+](=O)[O-])nc(C(F)F)c1O. The van der Waals surface area contributed by atoms with Crippen LogP contribution in [0.25, 0.3) is 0 Å². The van der Waals surface area contributed by atoms with Crippen molar-refractivity contribution in [3.63, 3.8) is 0 Å². The topological polar surface area (TPSA) is 93.3 Å². The number of hydrogen-bond acceptors (Lipinski definition) is 5. The minimum atomic E-state index is -3.25. The third-order valence-corrected chi connectivity index (χ3v) is 1.82. The third kappa shape index (κ3) is 2.22. The molecule has 6 nitrogen and oxygen atoms in total. The molecule has 1 heterocycles. The molecule has 1 aromatic rings. The molecule has 0 aliphatic heterocycles. The second-order valence-electron chi connectivity index (χ2n) is 2.59. The molecule has 0 aliphatic carbocycles. The average molecular weight is 253 g/mol. The molecule has 16 heavy (non-hydrogen) atoms. The average Bonchev–Trinajstić information content (AvgIpc) is 2.16. The van der Waals surface area contributed by atoms with Crippen molar-refractivity contribution in [1.82, 2.24) is 4.98 Å². The lowest BCUT2D eigenvalue weighted by Crippen LogP contribution is -2.02. The number of alkyl halides is 2. The maximum absolute atomic E-state index is 12.3. The van der Waals surface area contributed by atoms with Gasteiger partial charge in [-0.15, -0.1) is 0 Å². The molecule has 0 saturated heterocycles. The summed E-state index contributed by atoms with van der Waals surface area (Å²) in [6.45, 7) is 0. The number of nitro groups is 1. The number of aromatic hydroxyl groups is 1. The normalized spacial score (nSPS) is 10.5. The van der Waals surface area contributed by atoms with Gasteiger partial charge >= 0.3 is 12.2 Å². The number of aromatic nitrogens is 1. The fourth-order valence-electron chi connectivity index (χ4n) is 0.940. The van der Waals surface area contributed by atoms with Crippen LogP contribution in [0.5, 0.6) is 5.75 Å². The van der Waals surface area contributed by atoms with Crippen molar-refractivity contribution >= 4 is 22.7 Å². The highest BCUT2D eigenvalue weighted by Crippen LogP contribution is 2.32. The van der Waals surface area contributed by atoms with Crippen LogP contribution in [0, 0.1) is 10.1 Å². The zero-order chi connectivity index (χ0) is 12.5. The zero-order valence-electron chi connectivity index (χ0n) is 7.35. The summed E-state index contributed by atoms with van der Waals surface area (Å²) in [7, 11) is 0. The quantitative estimate of drug-likeness (QED) is 0.504. The minimum absolute atomic E-state index is 0.524. The Labute approximate surface area is 91.6 Å². The first-order chi connectivity index (χ1) is 7.34. The molecule has 0 aromatic carbocycles. The van der Waals surface area contributed by atoms with E-state index < -0.39 is 39.4 Å². The molecule has 86 valence electrons. The van der Waals surface area contributed by atoms with Gasteiger partial charge in [0.05, 0.1) is 11.6 Å². The van der Waals surface area contributed by atoms with Crippen LogP contribution in [0.15, 0.2) is 6.07 Å². The van der Waals surface area contributed by atoms with Crippen molar-refractivity contribution in [2.45, 2.75) is 6.43 Å². The summed E-state index contributed by atoms with van der Waals surface area (Å²) in [6, 6.07) is 0.524. The molecule has 9 heteroatoms. The van der Waals surface area contributed by atoms with Gasteiger partial charge in [-0.1, -0.05) is 0 Å². The zero-order valence-corrected chi connectivity index (χ0v) is 8.11. The van der Waals surface area contributed by atoms with Crippen molar-refractivity contribution < 1.29 is 23.6 Å². The van der Waals surface area contributed by atoms with E-state index in [-0.39, 0.29) is 0 Å². The lowest BCUT2D eigenvalue weighted by Gasteiger charge is -2.02. The van der Waals surface area contributed by atoms with Gasteiger partial charge in [-0.25, -0.2) is 8.78 Å². The molecule has 0 unspecified atom stereocenters. The number of rotatable bonds is 3. The van der Waals surface area contributed by atoms with Crippen LogP contribution >= 0.6 is 11.6 Å². The Balaban J connectivity index is 3.51. The minimum Gasteiger partial charge on any atom is -0.503 e. The largest absolute Gasteiger partial charge is 0.503 e. The van der Waals surface area contributed by atoms with Gasteiger partial charge in [-0.2, -0.15) is 0 Å². The van der Waals surface area contributed by atoms with E-state index in [4.69, 9.17) is 16.7 Å². The van der Waals surface area contributed by atoms with Crippen molar-refractivity contribution in [3.8, 4) is 5.75 Å². The summed E-state index contributed by atoms with van der Waals surface area (Å²) in [5.41, 5.74) is -2.03. The van der Waals surface area contributed by atoms with Crippen LogP contribution in [0.1, 0.15) is 22.5 Å². The van der Waals surface area contributed by atoms with Crippen LogP contribution in [0.3, 0.4) is 0 Å². The number of pyridine rings is 1. The highest BCUT2D eigenvalue weighted by atomic mass is 35.5. The van der Waals surface area contributed by atoms with Crippen LogP contribution in [0.4, 0.5) is 14.6 Å². The third-order valence-electron chi connectivity index (χ3n) is 1.61. The summed E-state index contributed by atoms with van der Waals surface area (Å²) >= 11 is 4.97. The monoisotopic (exact) mass is 252 g/mol. The van der Waals surface area contributed by atoms with Crippen LogP contribution in [-0.2, 0) is 0 Å². The fraction of sp³-hybridized carbons (Fsp3) is 0.143. The predicted octanol–water partition coefficient (Wildman–Crippen LogP) is 2.01. The first kappa shape index (κ1) is 12.2. The molecular weight excluding hydrogens is 250 g/mol. The number of carbonyl (C=O) groups is 1. The Morgan fingerprint density at radius 3 is 2.56 bits per heavy atom. The molecular formula is C7H3ClF2N2O4. The van der Waals surface area contributed by atoms with E-state index in [0.29, 0.717) is 6.07 Å².